The zero-order valence-corrected chi connectivity index (χ0v) is 13.9. The fourth-order valence-corrected chi connectivity index (χ4v) is 4.64. The molecule has 3 heterocycles. The van der Waals surface area contributed by atoms with Gasteiger partial charge in [0.25, 0.3) is 0 Å². The lowest BCUT2D eigenvalue weighted by Gasteiger charge is -2.32. The first-order valence-corrected chi connectivity index (χ1v) is 9.04. The second-order valence-corrected chi connectivity index (χ2v) is 7.15. The van der Waals surface area contributed by atoms with Crippen molar-refractivity contribution >= 4 is 5.97 Å². The van der Waals surface area contributed by atoms with Gasteiger partial charge in [-0.15, -0.1) is 0 Å². The standard InChI is InChI=1S/C19H25NO4/c21-19(22)18-15(17-6-3-10-23-17)7-9-20(18)12-13-8-11-24-16-5-2-1-4-14(13)16/h1-2,4-5,13,15,17-18H,3,6-12H2,(H,21,22). The van der Waals surface area contributed by atoms with Gasteiger partial charge in [-0.3, -0.25) is 9.69 Å². The minimum atomic E-state index is -0.701. The molecule has 2 saturated heterocycles. The summed E-state index contributed by atoms with van der Waals surface area (Å²) < 4.78 is 11.5. The molecule has 0 radical (unpaired) electrons. The summed E-state index contributed by atoms with van der Waals surface area (Å²) in [5, 5.41) is 9.82. The summed E-state index contributed by atoms with van der Waals surface area (Å²) in [5.74, 6) is 0.726. The molecule has 4 rings (SSSR count). The average Bonchev–Trinajstić information content (AvgIpc) is 3.24. The van der Waals surface area contributed by atoms with Gasteiger partial charge in [0.2, 0.25) is 0 Å². The number of hydrogen-bond acceptors (Lipinski definition) is 4. The normalized spacial score (nSPS) is 33.2. The number of rotatable bonds is 4. The highest BCUT2D eigenvalue weighted by Crippen LogP contribution is 2.38. The second-order valence-electron chi connectivity index (χ2n) is 7.15. The van der Waals surface area contributed by atoms with Crippen LogP contribution in [0.2, 0.25) is 0 Å². The van der Waals surface area contributed by atoms with Crippen molar-refractivity contribution in [2.45, 2.75) is 43.7 Å². The quantitative estimate of drug-likeness (QED) is 0.919. The molecule has 0 amide bonds. The monoisotopic (exact) mass is 331 g/mol. The molecule has 3 aliphatic rings. The Bertz CT molecular complexity index is 599. The van der Waals surface area contributed by atoms with E-state index in [0.29, 0.717) is 12.5 Å². The van der Waals surface area contributed by atoms with Gasteiger partial charge < -0.3 is 14.6 Å². The number of nitrogens with zero attached hydrogens (tertiary/aromatic N) is 1. The van der Waals surface area contributed by atoms with Gasteiger partial charge >= 0.3 is 5.97 Å². The third-order valence-electron chi connectivity index (χ3n) is 5.78. The molecule has 5 nitrogen and oxygen atoms in total. The molecule has 0 saturated carbocycles. The molecule has 0 aromatic heterocycles. The number of fused-ring (bicyclic) bond motifs is 1. The number of carboxylic acid groups (broad SMARTS) is 1. The van der Waals surface area contributed by atoms with E-state index < -0.39 is 12.0 Å². The molecule has 130 valence electrons. The van der Waals surface area contributed by atoms with E-state index in [9.17, 15) is 9.90 Å². The van der Waals surface area contributed by atoms with Crippen molar-refractivity contribution < 1.29 is 19.4 Å². The van der Waals surface area contributed by atoms with Crippen molar-refractivity contribution in [3.63, 3.8) is 0 Å². The molecule has 1 aromatic rings. The maximum Gasteiger partial charge on any atom is 0.321 e. The first kappa shape index (κ1) is 15.9. The topological polar surface area (TPSA) is 59.0 Å². The lowest BCUT2D eigenvalue weighted by molar-refractivity contribution is -0.145. The summed E-state index contributed by atoms with van der Waals surface area (Å²) in [6, 6.07) is 7.74. The van der Waals surface area contributed by atoms with Gasteiger partial charge in [0.15, 0.2) is 0 Å². The number of ether oxygens (including phenoxy) is 2. The Morgan fingerprint density at radius 3 is 2.88 bits per heavy atom. The van der Waals surface area contributed by atoms with E-state index in [4.69, 9.17) is 9.47 Å². The SMILES string of the molecule is O=C(O)C1C(C2CCCO2)CCN1CC1CCOc2ccccc21. The van der Waals surface area contributed by atoms with Gasteiger partial charge in [-0.2, -0.15) is 0 Å². The molecule has 0 bridgehead atoms. The van der Waals surface area contributed by atoms with Crippen LogP contribution in [-0.4, -0.2) is 54.4 Å². The maximum absolute atomic E-state index is 11.9. The zero-order valence-electron chi connectivity index (χ0n) is 13.9. The Balaban J connectivity index is 1.51. The molecule has 24 heavy (non-hydrogen) atoms. The van der Waals surface area contributed by atoms with Crippen LogP contribution >= 0.6 is 0 Å². The number of aliphatic carboxylic acids is 1. The highest BCUT2D eigenvalue weighted by atomic mass is 16.5. The molecule has 2 fully saturated rings. The summed E-state index contributed by atoms with van der Waals surface area (Å²) in [4.78, 5) is 14.1. The zero-order chi connectivity index (χ0) is 16.5. The first-order valence-electron chi connectivity index (χ1n) is 9.04. The summed E-state index contributed by atoms with van der Waals surface area (Å²) in [7, 11) is 0. The fourth-order valence-electron chi connectivity index (χ4n) is 4.64. The second kappa shape index (κ2) is 6.73. The summed E-state index contributed by atoms with van der Waals surface area (Å²) in [6.07, 6.45) is 4.05. The summed E-state index contributed by atoms with van der Waals surface area (Å²) >= 11 is 0. The maximum atomic E-state index is 11.9. The highest BCUT2D eigenvalue weighted by molar-refractivity contribution is 5.74. The molecular formula is C19H25NO4. The number of carboxylic acids is 1. The van der Waals surface area contributed by atoms with Crippen molar-refractivity contribution in [2.24, 2.45) is 5.92 Å². The van der Waals surface area contributed by atoms with E-state index in [-0.39, 0.29) is 12.0 Å². The van der Waals surface area contributed by atoms with Gasteiger partial charge in [-0.25, -0.2) is 0 Å². The van der Waals surface area contributed by atoms with Crippen LogP contribution in [0.4, 0.5) is 0 Å². The minimum absolute atomic E-state index is 0.123. The summed E-state index contributed by atoms with van der Waals surface area (Å²) in [6.45, 7) is 3.13. The first-order chi connectivity index (χ1) is 11.7. The fraction of sp³-hybridized carbons (Fsp3) is 0.632. The lowest BCUT2D eigenvalue weighted by Crippen LogP contribution is -2.44. The molecule has 1 aromatic carbocycles. The van der Waals surface area contributed by atoms with Crippen LogP contribution in [0.3, 0.4) is 0 Å². The van der Waals surface area contributed by atoms with Gasteiger partial charge in [0, 0.05) is 25.0 Å². The average molecular weight is 331 g/mol. The molecule has 0 spiro atoms. The molecular weight excluding hydrogens is 306 g/mol. The highest BCUT2D eigenvalue weighted by Gasteiger charge is 2.45. The van der Waals surface area contributed by atoms with Crippen LogP contribution in [0, 0.1) is 5.92 Å². The van der Waals surface area contributed by atoms with Gasteiger partial charge in [0.05, 0.1) is 12.7 Å². The van der Waals surface area contributed by atoms with Gasteiger partial charge in [-0.1, -0.05) is 18.2 Å². The van der Waals surface area contributed by atoms with Crippen molar-refractivity contribution in [1.82, 2.24) is 4.90 Å². The van der Waals surface area contributed by atoms with E-state index in [0.717, 1.165) is 51.1 Å². The molecule has 0 aliphatic carbocycles. The Hall–Kier alpha value is -1.59. The smallest absolute Gasteiger partial charge is 0.321 e. The molecule has 1 N–H and O–H groups in total. The third kappa shape index (κ3) is 2.91. The van der Waals surface area contributed by atoms with Crippen molar-refractivity contribution in [3.8, 4) is 5.75 Å². The van der Waals surface area contributed by atoms with E-state index in [1.165, 1.54) is 5.56 Å². The van der Waals surface area contributed by atoms with Crippen molar-refractivity contribution in [2.75, 3.05) is 26.3 Å². The van der Waals surface area contributed by atoms with Crippen molar-refractivity contribution in [3.05, 3.63) is 29.8 Å². The van der Waals surface area contributed by atoms with Crippen LogP contribution in [-0.2, 0) is 9.53 Å². The largest absolute Gasteiger partial charge is 0.493 e. The van der Waals surface area contributed by atoms with Crippen LogP contribution < -0.4 is 4.74 Å². The number of benzene rings is 1. The Kier molecular flexibility index (Phi) is 4.46. The lowest BCUT2D eigenvalue weighted by atomic mass is 9.90. The van der Waals surface area contributed by atoms with E-state index >= 15 is 0 Å². The number of hydrogen-bond donors (Lipinski definition) is 1. The van der Waals surface area contributed by atoms with E-state index in [1.807, 2.05) is 18.2 Å². The van der Waals surface area contributed by atoms with Crippen LogP contribution in [0.25, 0.3) is 0 Å². The molecule has 3 aliphatic heterocycles. The molecule has 4 unspecified atom stereocenters. The van der Waals surface area contributed by atoms with Crippen LogP contribution in [0.15, 0.2) is 24.3 Å². The third-order valence-corrected chi connectivity index (χ3v) is 5.78. The van der Waals surface area contributed by atoms with Gasteiger partial charge in [-0.05, 0) is 43.9 Å². The van der Waals surface area contributed by atoms with Crippen LogP contribution in [0.5, 0.6) is 5.75 Å². The Morgan fingerprint density at radius 2 is 2.08 bits per heavy atom. The van der Waals surface area contributed by atoms with E-state index in [1.54, 1.807) is 0 Å². The minimum Gasteiger partial charge on any atom is -0.493 e. The summed E-state index contributed by atoms with van der Waals surface area (Å²) in [5.41, 5.74) is 1.22. The molecule has 4 atom stereocenters. The Morgan fingerprint density at radius 1 is 1.21 bits per heavy atom. The number of likely N-dealkylation sites (tertiary alicyclic amines) is 1. The number of para-hydroxylation sites is 1. The van der Waals surface area contributed by atoms with Crippen LogP contribution in [0.1, 0.15) is 37.2 Å². The van der Waals surface area contributed by atoms with E-state index in [2.05, 4.69) is 11.0 Å². The van der Waals surface area contributed by atoms with Crippen molar-refractivity contribution in [1.29, 1.82) is 0 Å². The number of carbonyl (C=O) groups is 1. The van der Waals surface area contributed by atoms with Gasteiger partial charge in [0.1, 0.15) is 11.8 Å². The predicted octanol–water partition coefficient (Wildman–Crippen LogP) is 2.51. The predicted molar refractivity (Wildman–Crippen MR) is 89.4 cm³/mol. The molecule has 5 heteroatoms. The Labute approximate surface area is 142 Å².